The van der Waals surface area contributed by atoms with Crippen molar-refractivity contribution in [3.63, 3.8) is 0 Å². The number of aromatic carboxylic acids is 1. The van der Waals surface area contributed by atoms with Crippen molar-refractivity contribution in [1.82, 2.24) is 19.9 Å². The van der Waals surface area contributed by atoms with Crippen LogP contribution in [0.25, 0.3) is 0 Å². The highest BCUT2D eigenvalue weighted by atomic mass is 16.4. The largest absolute Gasteiger partial charge is 0.476 e. The maximum absolute atomic E-state index is 10.7. The predicted octanol–water partition coefficient (Wildman–Crippen LogP) is 1.10. The van der Waals surface area contributed by atoms with E-state index in [1.807, 2.05) is 0 Å². The molecule has 0 amide bonds. The quantitative estimate of drug-likeness (QED) is 0.761. The van der Waals surface area contributed by atoms with Gasteiger partial charge in [0.15, 0.2) is 5.69 Å². The molecule has 19 heavy (non-hydrogen) atoms. The van der Waals surface area contributed by atoms with E-state index in [0.29, 0.717) is 0 Å². The second-order valence-corrected chi connectivity index (χ2v) is 5.82. The smallest absolute Gasteiger partial charge is 0.358 e. The molecule has 0 atom stereocenters. The van der Waals surface area contributed by atoms with Crippen molar-refractivity contribution < 1.29 is 9.90 Å². The fourth-order valence-electron chi connectivity index (χ4n) is 2.34. The Kier molecular flexibility index (Phi) is 3.50. The number of hydrogen-bond donors (Lipinski definition) is 1. The van der Waals surface area contributed by atoms with Gasteiger partial charge in [-0.25, -0.2) is 4.79 Å². The van der Waals surface area contributed by atoms with Crippen LogP contribution in [0, 0.1) is 11.8 Å². The van der Waals surface area contributed by atoms with Gasteiger partial charge in [0.2, 0.25) is 0 Å². The Labute approximate surface area is 112 Å². The second kappa shape index (κ2) is 5.28. The molecule has 0 saturated heterocycles. The molecular weight excluding hydrogens is 244 g/mol. The van der Waals surface area contributed by atoms with Crippen LogP contribution in [0.2, 0.25) is 0 Å². The Hall–Kier alpha value is -1.43. The third-order valence-corrected chi connectivity index (χ3v) is 3.83. The Morgan fingerprint density at radius 3 is 2.42 bits per heavy atom. The standard InChI is InChI=1S/C13H20N4O2/c18-13(19)12-9-17(15-14-12)6-5-16(7-10-1-2-10)8-11-3-4-11/h9-11H,1-8H2,(H,18,19). The molecule has 0 bridgehead atoms. The van der Waals surface area contributed by atoms with Crippen molar-refractivity contribution in [2.45, 2.75) is 32.2 Å². The molecule has 1 aromatic rings. The van der Waals surface area contributed by atoms with Crippen molar-refractivity contribution in [2.24, 2.45) is 11.8 Å². The van der Waals surface area contributed by atoms with Crippen LogP contribution in [-0.2, 0) is 6.54 Å². The topological polar surface area (TPSA) is 71.2 Å². The molecule has 1 N–H and O–H groups in total. The molecule has 0 aromatic carbocycles. The van der Waals surface area contributed by atoms with E-state index in [-0.39, 0.29) is 5.69 Å². The summed E-state index contributed by atoms with van der Waals surface area (Å²) < 4.78 is 1.64. The first-order valence-corrected chi connectivity index (χ1v) is 7.06. The van der Waals surface area contributed by atoms with Crippen LogP contribution in [-0.4, -0.2) is 50.6 Å². The highest BCUT2D eigenvalue weighted by Crippen LogP contribution is 2.33. The van der Waals surface area contributed by atoms with Gasteiger partial charge in [-0.05, 0) is 37.5 Å². The van der Waals surface area contributed by atoms with E-state index in [9.17, 15) is 4.79 Å². The number of rotatable bonds is 8. The lowest BCUT2D eigenvalue weighted by molar-refractivity contribution is 0.0690. The van der Waals surface area contributed by atoms with Gasteiger partial charge in [-0.15, -0.1) is 5.10 Å². The first-order chi connectivity index (χ1) is 9.20. The van der Waals surface area contributed by atoms with Crippen LogP contribution in [0.5, 0.6) is 0 Å². The number of carboxylic acids is 1. The maximum Gasteiger partial charge on any atom is 0.358 e. The molecule has 104 valence electrons. The van der Waals surface area contributed by atoms with E-state index < -0.39 is 5.97 Å². The minimum atomic E-state index is -1.01. The molecular formula is C13H20N4O2. The van der Waals surface area contributed by atoms with Crippen LogP contribution < -0.4 is 0 Å². The van der Waals surface area contributed by atoms with Crippen LogP contribution in [0.15, 0.2) is 6.20 Å². The number of carboxylic acid groups (broad SMARTS) is 1. The highest BCUT2D eigenvalue weighted by molar-refractivity contribution is 5.84. The Morgan fingerprint density at radius 2 is 1.95 bits per heavy atom. The van der Waals surface area contributed by atoms with Crippen LogP contribution in [0.3, 0.4) is 0 Å². The van der Waals surface area contributed by atoms with Gasteiger partial charge in [-0.3, -0.25) is 4.68 Å². The van der Waals surface area contributed by atoms with Crippen molar-refractivity contribution in [1.29, 1.82) is 0 Å². The molecule has 6 nitrogen and oxygen atoms in total. The Morgan fingerprint density at radius 1 is 1.32 bits per heavy atom. The number of carbonyl (C=O) groups is 1. The minimum Gasteiger partial charge on any atom is -0.476 e. The van der Waals surface area contributed by atoms with Crippen LogP contribution >= 0.6 is 0 Å². The monoisotopic (exact) mass is 264 g/mol. The van der Waals surface area contributed by atoms with Gasteiger partial charge in [-0.1, -0.05) is 5.21 Å². The molecule has 0 aliphatic heterocycles. The molecule has 2 aliphatic carbocycles. The number of nitrogens with zero attached hydrogens (tertiary/aromatic N) is 4. The molecule has 2 aliphatic rings. The molecule has 2 fully saturated rings. The summed E-state index contributed by atoms with van der Waals surface area (Å²) in [6, 6.07) is 0. The summed E-state index contributed by atoms with van der Waals surface area (Å²) in [4.78, 5) is 13.2. The lowest BCUT2D eigenvalue weighted by Gasteiger charge is -2.21. The molecule has 0 spiro atoms. The number of aromatic nitrogens is 3. The van der Waals surface area contributed by atoms with E-state index in [2.05, 4.69) is 15.2 Å². The number of hydrogen-bond acceptors (Lipinski definition) is 4. The zero-order chi connectivity index (χ0) is 13.2. The van der Waals surface area contributed by atoms with Crippen LogP contribution in [0.1, 0.15) is 36.2 Å². The fourth-order valence-corrected chi connectivity index (χ4v) is 2.34. The molecule has 3 rings (SSSR count). The molecule has 0 radical (unpaired) electrons. The highest BCUT2D eigenvalue weighted by Gasteiger charge is 2.28. The lowest BCUT2D eigenvalue weighted by atomic mass is 10.3. The third kappa shape index (κ3) is 3.76. The van der Waals surface area contributed by atoms with Gasteiger partial charge in [0.1, 0.15) is 0 Å². The lowest BCUT2D eigenvalue weighted by Crippen LogP contribution is -2.31. The van der Waals surface area contributed by atoms with Gasteiger partial charge in [0.05, 0.1) is 12.7 Å². The van der Waals surface area contributed by atoms with E-state index in [1.165, 1.54) is 45.0 Å². The first-order valence-electron chi connectivity index (χ1n) is 7.06. The average Bonchev–Trinajstić information content (AvgIpc) is 3.29. The van der Waals surface area contributed by atoms with Crippen LogP contribution in [0.4, 0.5) is 0 Å². The van der Waals surface area contributed by atoms with Gasteiger partial charge >= 0.3 is 5.97 Å². The molecule has 1 heterocycles. The van der Waals surface area contributed by atoms with E-state index >= 15 is 0 Å². The Bertz CT molecular complexity index is 437. The maximum atomic E-state index is 10.7. The zero-order valence-electron chi connectivity index (χ0n) is 11.0. The van der Waals surface area contributed by atoms with Gasteiger partial charge in [0, 0.05) is 19.6 Å². The second-order valence-electron chi connectivity index (χ2n) is 5.82. The van der Waals surface area contributed by atoms with Crippen molar-refractivity contribution in [2.75, 3.05) is 19.6 Å². The normalized spacial score (nSPS) is 19.0. The summed E-state index contributed by atoms with van der Waals surface area (Å²) in [6.07, 6.45) is 6.98. The zero-order valence-corrected chi connectivity index (χ0v) is 11.0. The minimum absolute atomic E-state index is 0.0240. The summed E-state index contributed by atoms with van der Waals surface area (Å²) >= 11 is 0. The summed E-state index contributed by atoms with van der Waals surface area (Å²) in [7, 11) is 0. The van der Waals surface area contributed by atoms with Gasteiger partial charge in [0.25, 0.3) is 0 Å². The summed E-state index contributed by atoms with van der Waals surface area (Å²) in [5.41, 5.74) is 0.0240. The third-order valence-electron chi connectivity index (χ3n) is 3.83. The summed E-state index contributed by atoms with van der Waals surface area (Å²) in [5.74, 6) is 0.771. The molecule has 1 aromatic heterocycles. The van der Waals surface area contributed by atoms with Crippen molar-refractivity contribution in [3.05, 3.63) is 11.9 Å². The van der Waals surface area contributed by atoms with Crippen molar-refractivity contribution in [3.8, 4) is 0 Å². The predicted molar refractivity (Wildman–Crippen MR) is 68.9 cm³/mol. The Balaban J connectivity index is 1.50. The average molecular weight is 264 g/mol. The van der Waals surface area contributed by atoms with Crippen molar-refractivity contribution >= 4 is 5.97 Å². The van der Waals surface area contributed by atoms with E-state index in [0.717, 1.165) is 24.9 Å². The molecule has 6 heteroatoms. The fraction of sp³-hybridized carbons (Fsp3) is 0.769. The summed E-state index contributed by atoms with van der Waals surface area (Å²) in [5, 5.41) is 16.3. The summed E-state index contributed by atoms with van der Waals surface area (Å²) in [6.45, 7) is 4.04. The van der Waals surface area contributed by atoms with E-state index in [1.54, 1.807) is 4.68 Å². The molecule has 0 unspecified atom stereocenters. The SMILES string of the molecule is O=C(O)c1cn(CCN(CC2CC2)CC2CC2)nn1. The van der Waals surface area contributed by atoms with Gasteiger partial charge < -0.3 is 10.0 Å². The van der Waals surface area contributed by atoms with Gasteiger partial charge in [-0.2, -0.15) is 0 Å². The van der Waals surface area contributed by atoms with E-state index in [4.69, 9.17) is 5.11 Å². The molecule has 2 saturated carbocycles. The first kappa shape index (κ1) is 12.6.